The maximum absolute atomic E-state index is 10.8. The van der Waals surface area contributed by atoms with Gasteiger partial charge in [-0.15, -0.1) is 0 Å². The first kappa shape index (κ1) is 8.30. The average Bonchev–Trinajstić information content (AvgIpc) is 2.17. The number of hydrogen-bond acceptors (Lipinski definition) is 2. The lowest BCUT2D eigenvalue weighted by molar-refractivity contribution is -0.109. The molecule has 2 nitrogen and oxygen atoms in total. The van der Waals surface area contributed by atoms with Crippen molar-refractivity contribution in [2.75, 3.05) is 0 Å². The van der Waals surface area contributed by atoms with Crippen molar-refractivity contribution in [1.29, 1.82) is 0 Å². The molecule has 1 aliphatic carbocycles. The molecule has 0 bridgehead atoms. The second kappa shape index (κ2) is 3.21. The number of rotatable bonds is 1. The number of phenols is 1. The number of aryl methyl sites for hydroxylation is 1. The highest BCUT2D eigenvalue weighted by molar-refractivity contribution is 5.66. The Bertz CT molecular complexity index is 331. The quantitative estimate of drug-likeness (QED) is 0.664. The second-order valence-electron chi connectivity index (χ2n) is 3.48. The number of carbonyl (C=O) groups excluding carboxylic acids is 1. The molecule has 0 aromatic heterocycles. The van der Waals surface area contributed by atoms with Gasteiger partial charge < -0.3 is 9.90 Å². The Morgan fingerprint density at radius 2 is 2.31 bits per heavy atom. The maximum atomic E-state index is 10.8. The van der Waals surface area contributed by atoms with Crippen molar-refractivity contribution in [3.63, 3.8) is 0 Å². The molecule has 1 N–H and O–H groups in total. The van der Waals surface area contributed by atoms with Crippen LogP contribution in [0.25, 0.3) is 0 Å². The Balaban J connectivity index is 2.53. The molecule has 0 fully saturated rings. The van der Waals surface area contributed by atoms with E-state index in [0.29, 0.717) is 0 Å². The van der Waals surface area contributed by atoms with Gasteiger partial charge in [-0.25, -0.2) is 0 Å². The number of fused-ring (bicyclic) bond motifs is 1. The summed E-state index contributed by atoms with van der Waals surface area (Å²) < 4.78 is 0. The summed E-state index contributed by atoms with van der Waals surface area (Å²) in [6.07, 6.45) is 3.83. The molecule has 0 aliphatic heterocycles. The number of aromatic hydroxyl groups is 1. The smallest absolute Gasteiger partial charge is 0.127 e. The van der Waals surface area contributed by atoms with Gasteiger partial charge in [0.25, 0.3) is 0 Å². The van der Waals surface area contributed by atoms with E-state index in [4.69, 9.17) is 0 Å². The van der Waals surface area contributed by atoms with Crippen LogP contribution in [0.15, 0.2) is 18.2 Å². The van der Waals surface area contributed by atoms with Crippen LogP contribution in [0.5, 0.6) is 5.75 Å². The highest BCUT2D eigenvalue weighted by atomic mass is 16.3. The van der Waals surface area contributed by atoms with E-state index in [0.717, 1.165) is 36.7 Å². The minimum Gasteiger partial charge on any atom is -0.508 e. The summed E-state index contributed by atoms with van der Waals surface area (Å²) in [6, 6.07) is 5.48. The van der Waals surface area contributed by atoms with Crippen LogP contribution in [-0.4, -0.2) is 11.4 Å². The van der Waals surface area contributed by atoms with E-state index in [1.165, 1.54) is 0 Å². The highest BCUT2D eigenvalue weighted by Crippen LogP contribution is 2.35. The molecular weight excluding hydrogens is 164 g/mol. The molecule has 1 atom stereocenters. The van der Waals surface area contributed by atoms with Crippen LogP contribution in [0.3, 0.4) is 0 Å². The van der Waals surface area contributed by atoms with Gasteiger partial charge in [-0.1, -0.05) is 12.1 Å². The zero-order valence-electron chi connectivity index (χ0n) is 7.36. The molecule has 2 rings (SSSR count). The van der Waals surface area contributed by atoms with Crippen LogP contribution in [0.4, 0.5) is 0 Å². The second-order valence-corrected chi connectivity index (χ2v) is 3.48. The van der Waals surface area contributed by atoms with E-state index < -0.39 is 0 Å². The molecule has 1 aromatic rings. The number of phenolic OH excluding ortho intramolecular Hbond substituents is 1. The first-order valence-corrected chi connectivity index (χ1v) is 4.59. The lowest BCUT2D eigenvalue weighted by Gasteiger charge is -2.21. The number of aldehydes is 1. The van der Waals surface area contributed by atoms with Gasteiger partial charge in [0.05, 0.1) is 0 Å². The van der Waals surface area contributed by atoms with Crippen LogP contribution < -0.4 is 0 Å². The maximum Gasteiger partial charge on any atom is 0.127 e. The van der Waals surface area contributed by atoms with Gasteiger partial charge >= 0.3 is 0 Å². The van der Waals surface area contributed by atoms with Crippen molar-refractivity contribution in [2.24, 2.45) is 0 Å². The molecule has 13 heavy (non-hydrogen) atoms. The summed E-state index contributed by atoms with van der Waals surface area (Å²) in [5.74, 6) is 0.180. The first-order valence-electron chi connectivity index (χ1n) is 4.59. The number of benzene rings is 1. The average molecular weight is 176 g/mol. The summed E-state index contributed by atoms with van der Waals surface area (Å²) in [4.78, 5) is 10.8. The van der Waals surface area contributed by atoms with Gasteiger partial charge in [-0.05, 0) is 30.9 Å². The molecule has 0 saturated heterocycles. The van der Waals surface area contributed by atoms with Crippen molar-refractivity contribution in [3.8, 4) is 5.75 Å². The monoisotopic (exact) mass is 176 g/mol. The fourth-order valence-electron chi connectivity index (χ4n) is 2.04. The van der Waals surface area contributed by atoms with Gasteiger partial charge in [0.2, 0.25) is 0 Å². The Labute approximate surface area is 77.2 Å². The fraction of sp³-hybridized carbons (Fsp3) is 0.364. The van der Waals surface area contributed by atoms with Crippen molar-refractivity contribution < 1.29 is 9.90 Å². The van der Waals surface area contributed by atoms with E-state index in [9.17, 15) is 9.90 Å². The van der Waals surface area contributed by atoms with E-state index in [2.05, 4.69) is 0 Å². The van der Waals surface area contributed by atoms with Gasteiger partial charge in [0.15, 0.2) is 0 Å². The summed E-state index contributed by atoms with van der Waals surface area (Å²) in [5.41, 5.74) is 1.98. The fourth-order valence-corrected chi connectivity index (χ4v) is 2.04. The normalized spacial score (nSPS) is 20.8. The van der Waals surface area contributed by atoms with Crippen molar-refractivity contribution >= 4 is 6.29 Å². The number of hydrogen-bond donors (Lipinski definition) is 1. The molecule has 0 radical (unpaired) electrons. The molecule has 1 unspecified atom stereocenters. The Morgan fingerprint density at radius 1 is 1.46 bits per heavy atom. The Hall–Kier alpha value is -1.31. The SMILES string of the molecule is O=CC1CCCc2cccc(O)c21. The van der Waals surface area contributed by atoms with Crippen LogP contribution in [0.2, 0.25) is 0 Å². The van der Waals surface area contributed by atoms with E-state index in [1.807, 2.05) is 12.1 Å². The Kier molecular flexibility index (Phi) is 2.05. The van der Waals surface area contributed by atoms with Gasteiger partial charge in [-0.2, -0.15) is 0 Å². The van der Waals surface area contributed by atoms with Crippen LogP contribution in [0, 0.1) is 0 Å². The zero-order chi connectivity index (χ0) is 9.26. The topological polar surface area (TPSA) is 37.3 Å². The van der Waals surface area contributed by atoms with Crippen molar-refractivity contribution in [1.82, 2.24) is 0 Å². The minimum atomic E-state index is -0.0926. The molecule has 2 heteroatoms. The van der Waals surface area contributed by atoms with E-state index in [-0.39, 0.29) is 11.7 Å². The third-order valence-electron chi connectivity index (χ3n) is 2.67. The van der Waals surface area contributed by atoms with Gasteiger partial charge in [0.1, 0.15) is 12.0 Å². The van der Waals surface area contributed by atoms with E-state index in [1.54, 1.807) is 6.07 Å². The van der Waals surface area contributed by atoms with Crippen LogP contribution >= 0.6 is 0 Å². The van der Waals surface area contributed by atoms with E-state index >= 15 is 0 Å². The summed E-state index contributed by atoms with van der Waals surface area (Å²) >= 11 is 0. The van der Waals surface area contributed by atoms with Gasteiger partial charge in [0, 0.05) is 11.5 Å². The molecule has 0 heterocycles. The van der Waals surface area contributed by atoms with Crippen molar-refractivity contribution in [3.05, 3.63) is 29.3 Å². The van der Waals surface area contributed by atoms with Gasteiger partial charge in [-0.3, -0.25) is 0 Å². The molecule has 0 amide bonds. The minimum absolute atomic E-state index is 0.0926. The summed E-state index contributed by atoms with van der Waals surface area (Å²) in [5, 5.41) is 9.60. The molecule has 1 aromatic carbocycles. The van der Waals surface area contributed by atoms with Crippen LogP contribution in [-0.2, 0) is 11.2 Å². The van der Waals surface area contributed by atoms with Crippen molar-refractivity contribution in [2.45, 2.75) is 25.2 Å². The third-order valence-corrected chi connectivity index (χ3v) is 2.67. The predicted molar refractivity (Wildman–Crippen MR) is 49.8 cm³/mol. The molecule has 0 saturated carbocycles. The highest BCUT2D eigenvalue weighted by Gasteiger charge is 2.22. The predicted octanol–water partition coefficient (Wildman–Crippen LogP) is 2.01. The molecule has 68 valence electrons. The number of carbonyl (C=O) groups is 1. The zero-order valence-corrected chi connectivity index (χ0v) is 7.36. The molecular formula is C11H12O2. The van der Waals surface area contributed by atoms with Crippen LogP contribution in [0.1, 0.15) is 29.9 Å². The molecule has 0 spiro atoms. The standard InChI is InChI=1S/C11H12O2/c12-7-9-5-1-3-8-4-2-6-10(13)11(8)9/h2,4,6-7,9,13H,1,3,5H2. The molecule has 1 aliphatic rings. The largest absolute Gasteiger partial charge is 0.508 e. The Morgan fingerprint density at radius 3 is 3.08 bits per heavy atom. The summed E-state index contributed by atoms with van der Waals surface area (Å²) in [6.45, 7) is 0. The lowest BCUT2D eigenvalue weighted by Crippen LogP contribution is -2.10. The first-order chi connectivity index (χ1) is 6.33. The summed E-state index contributed by atoms with van der Waals surface area (Å²) in [7, 11) is 0. The third kappa shape index (κ3) is 1.32. The lowest BCUT2D eigenvalue weighted by atomic mass is 9.83.